The molecule has 1 fully saturated rings. The van der Waals surface area contributed by atoms with Gasteiger partial charge in [-0.3, -0.25) is 9.59 Å². The molecule has 186 valence electrons. The third kappa shape index (κ3) is 4.77. The second-order valence-electron chi connectivity index (χ2n) is 10.4. The molecular formula is C29H37N3O2S. The minimum atomic E-state index is -0.909. The van der Waals surface area contributed by atoms with E-state index in [4.69, 9.17) is 0 Å². The number of amides is 2. The predicted octanol–water partition coefficient (Wildman–Crippen LogP) is 5.95. The first-order valence-electron chi connectivity index (χ1n) is 13.3. The number of aromatic nitrogens is 1. The molecule has 0 radical (unpaired) electrons. The summed E-state index contributed by atoms with van der Waals surface area (Å²) >= 11 is 1.76. The van der Waals surface area contributed by atoms with Crippen LogP contribution in [-0.4, -0.2) is 39.4 Å². The minimum Gasteiger partial charge on any atom is -0.351 e. The lowest BCUT2D eigenvalue weighted by Crippen LogP contribution is -2.65. The van der Waals surface area contributed by atoms with Crippen LogP contribution < -0.4 is 5.32 Å². The summed E-state index contributed by atoms with van der Waals surface area (Å²) in [5, 5.41) is 3.37. The number of thiophene rings is 1. The number of hydrogen-bond acceptors (Lipinski definition) is 3. The molecule has 1 N–H and O–H groups in total. The van der Waals surface area contributed by atoms with Crippen molar-refractivity contribution in [3.8, 4) is 0 Å². The van der Waals surface area contributed by atoms with Crippen LogP contribution in [0.5, 0.6) is 0 Å². The smallest absolute Gasteiger partial charge is 0.271 e. The van der Waals surface area contributed by atoms with Crippen LogP contribution in [0.15, 0.2) is 42.5 Å². The first-order valence-corrected chi connectivity index (χ1v) is 14.1. The van der Waals surface area contributed by atoms with Gasteiger partial charge in [0.05, 0.1) is 16.8 Å². The van der Waals surface area contributed by atoms with Gasteiger partial charge in [-0.15, -0.1) is 11.3 Å². The third-order valence-corrected chi connectivity index (χ3v) is 9.10. The number of nitrogens with one attached hydrogen (secondary N) is 1. The summed E-state index contributed by atoms with van der Waals surface area (Å²) in [6.45, 7) is 5.20. The zero-order valence-electron chi connectivity index (χ0n) is 21.0. The lowest BCUT2D eigenvalue weighted by Gasteiger charge is -2.44. The van der Waals surface area contributed by atoms with E-state index in [9.17, 15) is 9.59 Å². The van der Waals surface area contributed by atoms with Crippen LogP contribution in [0.4, 0.5) is 0 Å². The van der Waals surface area contributed by atoms with Crippen molar-refractivity contribution in [1.29, 1.82) is 0 Å². The van der Waals surface area contributed by atoms with Gasteiger partial charge in [-0.05, 0) is 56.7 Å². The molecule has 35 heavy (non-hydrogen) atoms. The Bertz CT molecular complexity index is 1190. The number of carbonyl (C=O) groups excluding carboxylic acids is 2. The lowest BCUT2D eigenvalue weighted by molar-refractivity contribution is -0.133. The molecule has 2 aliphatic rings. The molecule has 5 rings (SSSR count). The largest absolute Gasteiger partial charge is 0.351 e. The normalized spacial score (nSPS) is 21.2. The Labute approximate surface area is 212 Å². The fourth-order valence-corrected chi connectivity index (χ4v) is 6.81. The molecule has 0 saturated heterocycles. The molecule has 1 aliphatic carbocycles. The highest BCUT2D eigenvalue weighted by atomic mass is 32.1. The first-order chi connectivity index (χ1) is 17.0. The molecule has 2 amide bonds. The van der Waals surface area contributed by atoms with Gasteiger partial charge in [0.25, 0.3) is 5.91 Å². The molecule has 3 heterocycles. The summed E-state index contributed by atoms with van der Waals surface area (Å²) in [5.74, 6) is -0.0276. The second-order valence-corrected chi connectivity index (χ2v) is 11.6. The number of benzene rings is 1. The van der Waals surface area contributed by atoms with Crippen molar-refractivity contribution in [1.82, 2.24) is 14.8 Å². The Kier molecular flexibility index (Phi) is 7.01. The van der Waals surface area contributed by atoms with E-state index in [1.165, 1.54) is 36.1 Å². The second kappa shape index (κ2) is 10.2. The van der Waals surface area contributed by atoms with Crippen molar-refractivity contribution in [3.63, 3.8) is 0 Å². The maximum Gasteiger partial charge on any atom is 0.271 e. The molecule has 1 atom stereocenters. The van der Waals surface area contributed by atoms with E-state index in [1.54, 1.807) is 11.3 Å². The van der Waals surface area contributed by atoms with Gasteiger partial charge in [0.1, 0.15) is 11.2 Å². The summed E-state index contributed by atoms with van der Waals surface area (Å²) in [5.41, 5.74) is 2.16. The van der Waals surface area contributed by atoms with E-state index in [2.05, 4.69) is 47.1 Å². The average molecular weight is 492 g/mol. The van der Waals surface area contributed by atoms with Crippen LogP contribution in [0, 0.1) is 0 Å². The molecule has 5 nitrogen and oxygen atoms in total. The quantitative estimate of drug-likeness (QED) is 0.415. The van der Waals surface area contributed by atoms with Crippen molar-refractivity contribution in [2.45, 2.75) is 89.8 Å². The Hall–Kier alpha value is -2.60. The van der Waals surface area contributed by atoms with Crippen LogP contribution in [0.1, 0.15) is 79.7 Å². The van der Waals surface area contributed by atoms with E-state index in [0.717, 1.165) is 42.3 Å². The van der Waals surface area contributed by atoms with Crippen molar-refractivity contribution in [2.24, 2.45) is 0 Å². The van der Waals surface area contributed by atoms with Gasteiger partial charge in [-0.25, -0.2) is 0 Å². The number of aryl methyl sites for hydroxylation is 2. The predicted molar refractivity (Wildman–Crippen MR) is 143 cm³/mol. The molecule has 1 aromatic carbocycles. The number of carbonyl (C=O) groups is 2. The minimum absolute atomic E-state index is 0.00379. The Morgan fingerprint density at radius 3 is 2.57 bits per heavy atom. The highest BCUT2D eigenvalue weighted by Gasteiger charge is 2.48. The zero-order chi connectivity index (χ0) is 24.4. The maximum absolute atomic E-state index is 13.9. The highest BCUT2D eigenvalue weighted by Crippen LogP contribution is 2.36. The molecule has 3 aromatic rings. The van der Waals surface area contributed by atoms with Crippen molar-refractivity contribution < 1.29 is 9.59 Å². The Morgan fingerprint density at radius 1 is 1.11 bits per heavy atom. The van der Waals surface area contributed by atoms with Gasteiger partial charge < -0.3 is 14.8 Å². The fraction of sp³-hybridized carbons (Fsp3) is 0.517. The summed E-state index contributed by atoms with van der Waals surface area (Å²) in [6, 6.07) is 14.8. The van der Waals surface area contributed by atoms with Crippen molar-refractivity contribution in [3.05, 3.63) is 58.6 Å². The van der Waals surface area contributed by atoms with E-state index < -0.39 is 5.54 Å². The SMILES string of the molecule is CCc1cc2c(cc3n2C[C@](C)(C(=O)NC2CCCCCC2)N(CCCc2ccccc2)C3=O)s1. The lowest BCUT2D eigenvalue weighted by atomic mass is 9.93. The third-order valence-electron chi connectivity index (χ3n) is 7.88. The van der Waals surface area contributed by atoms with Crippen LogP contribution >= 0.6 is 11.3 Å². The zero-order valence-corrected chi connectivity index (χ0v) is 21.8. The Balaban J connectivity index is 1.43. The first kappa shape index (κ1) is 24.1. The number of nitrogens with zero attached hydrogens (tertiary/aromatic N) is 2. The highest BCUT2D eigenvalue weighted by molar-refractivity contribution is 7.19. The molecule has 0 bridgehead atoms. The fourth-order valence-electron chi connectivity index (χ4n) is 5.76. The molecule has 0 unspecified atom stereocenters. The maximum atomic E-state index is 13.9. The summed E-state index contributed by atoms with van der Waals surface area (Å²) in [7, 11) is 0. The summed E-state index contributed by atoms with van der Waals surface area (Å²) < 4.78 is 3.25. The monoisotopic (exact) mass is 491 g/mol. The van der Waals surface area contributed by atoms with E-state index in [-0.39, 0.29) is 17.9 Å². The van der Waals surface area contributed by atoms with Crippen LogP contribution in [-0.2, 0) is 24.2 Å². The van der Waals surface area contributed by atoms with Crippen molar-refractivity contribution in [2.75, 3.05) is 6.54 Å². The van der Waals surface area contributed by atoms with Crippen LogP contribution in [0.2, 0.25) is 0 Å². The van der Waals surface area contributed by atoms with Gasteiger partial charge >= 0.3 is 0 Å². The summed E-state index contributed by atoms with van der Waals surface area (Å²) in [6.07, 6.45) is 9.59. The van der Waals surface area contributed by atoms with Gasteiger partial charge in [-0.1, -0.05) is 62.9 Å². The van der Waals surface area contributed by atoms with Crippen molar-refractivity contribution >= 4 is 33.4 Å². The van der Waals surface area contributed by atoms with Crippen LogP contribution in [0.3, 0.4) is 0 Å². The molecular weight excluding hydrogens is 454 g/mol. The standard InChI is InChI=1S/C29H37N3O2S/c1-3-23-18-24-26(35-23)19-25-27(33)32(17-11-14-21-12-7-6-8-13-21)29(2,20-31(24)25)28(34)30-22-15-9-4-5-10-16-22/h6-8,12-13,18-19,22H,3-5,9-11,14-17,20H2,1-2H3,(H,30,34)/t29-/m1/s1. The van der Waals surface area contributed by atoms with Gasteiger partial charge in [0.15, 0.2) is 0 Å². The van der Waals surface area contributed by atoms with Gasteiger partial charge in [0, 0.05) is 17.5 Å². The topological polar surface area (TPSA) is 54.3 Å². The average Bonchev–Trinajstić information content (AvgIpc) is 3.30. The number of hydrogen-bond donors (Lipinski definition) is 1. The number of fused-ring (bicyclic) bond motifs is 3. The molecule has 6 heteroatoms. The molecule has 1 aliphatic heterocycles. The molecule has 1 saturated carbocycles. The van der Waals surface area contributed by atoms with E-state index in [0.29, 0.717) is 18.8 Å². The van der Waals surface area contributed by atoms with E-state index >= 15 is 0 Å². The van der Waals surface area contributed by atoms with Gasteiger partial charge in [0.2, 0.25) is 5.91 Å². The Morgan fingerprint density at radius 2 is 1.86 bits per heavy atom. The summed E-state index contributed by atoms with van der Waals surface area (Å²) in [4.78, 5) is 31.0. The molecule has 0 spiro atoms. The van der Waals surface area contributed by atoms with Gasteiger partial charge in [-0.2, -0.15) is 0 Å². The van der Waals surface area contributed by atoms with E-state index in [1.807, 2.05) is 24.0 Å². The number of rotatable bonds is 7. The molecule has 2 aromatic heterocycles. The van der Waals surface area contributed by atoms with Crippen LogP contribution in [0.25, 0.3) is 10.2 Å².